The van der Waals surface area contributed by atoms with Gasteiger partial charge in [0.1, 0.15) is 0 Å². The summed E-state index contributed by atoms with van der Waals surface area (Å²) in [6.07, 6.45) is 2.97. The van der Waals surface area contributed by atoms with E-state index < -0.39 is 0 Å². The van der Waals surface area contributed by atoms with E-state index >= 15 is 0 Å². The standard InChI is InChI=1S/C22H27N3O2/c1-25(20-5-3-2-4-6-20)22(27)15-17-7-10-19(11-8-17)24-21(26)12-9-18-13-14-23-16-18/h2-8,10-11,18,23H,9,12-16H2,1H3,(H,24,26). The molecule has 2 N–H and O–H groups in total. The zero-order chi connectivity index (χ0) is 19.1. The summed E-state index contributed by atoms with van der Waals surface area (Å²) in [5.74, 6) is 0.698. The van der Waals surface area contributed by atoms with Gasteiger partial charge in [-0.05, 0) is 61.7 Å². The monoisotopic (exact) mass is 365 g/mol. The van der Waals surface area contributed by atoms with Crippen LogP contribution in [0, 0.1) is 5.92 Å². The molecule has 2 aromatic carbocycles. The third kappa shape index (κ3) is 5.66. The first-order chi connectivity index (χ1) is 13.1. The molecule has 1 saturated heterocycles. The van der Waals surface area contributed by atoms with E-state index in [4.69, 9.17) is 0 Å². The summed E-state index contributed by atoms with van der Waals surface area (Å²) in [5, 5.41) is 6.26. The van der Waals surface area contributed by atoms with Crippen molar-refractivity contribution >= 4 is 23.2 Å². The third-order valence-corrected chi connectivity index (χ3v) is 5.05. The van der Waals surface area contributed by atoms with Gasteiger partial charge < -0.3 is 15.5 Å². The van der Waals surface area contributed by atoms with E-state index in [9.17, 15) is 9.59 Å². The number of carbonyl (C=O) groups excluding carboxylic acids is 2. The van der Waals surface area contributed by atoms with Gasteiger partial charge in [-0.15, -0.1) is 0 Å². The molecule has 142 valence electrons. The molecule has 1 aliphatic heterocycles. The Bertz CT molecular complexity index is 753. The van der Waals surface area contributed by atoms with Crippen LogP contribution in [0.25, 0.3) is 0 Å². The van der Waals surface area contributed by atoms with Crippen LogP contribution >= 0.6 is 0 Å². The smallest absolute Gasteiger partial charge is 0.231 e. The SMILES string of the molecule is CN(C(=O)Cc1ccc(NC(=O)CCC2CCNC2)cc1)c1ccccc1. The van der Waals surface area contributed by atoms with Crippen molar-refractivity contribution in [2.75, 3.05) is 30.4 Å². The minimum Gasteiger partial charge on any atom is -0.326 e. The van der Waals surface area contributed by atoms with Crippen molar-refractivity contribution < 1.29 is 9.59 Å². The van der Waals surface area contributed by atoms with Crippen molar-refractivity contribution in [3.8, 4) is 0 Å². The molecular formula is C22H27N3O2. The molecule has 5 nitrogen and oxygen atoms in total. The number of carbonyl (C=O) groups is 2. The molecule has 3 rings (SSSR count). The minimum absolute atomic E-state index is 0.0307. The number of benzene rings is 2. The Morgan fingerprint density at radius 1 is 1.11 bits per heavy atom. The summed E-state index contributed by atoms with van der Waals surface area (Å²) >= 11 is 0. The maximum atomic E-state index is 12.4. The maximum absolute atomic E-state index is 12.4. The van der Waals surface area contributed by atoms with Gasteiger partial charge in [0.15, 0.2) is 0 Å². The number of hydrogen-bond donors (Lipinski definition) is 2. The molecule has 0 bridgehead atoms. The van der Waals surface area contributed by atoms with Crippen LogP contribution in [0.3, 0.4) is 0 Å². The van der Waals surface area contributed by atoms with Gasteiger partial charge in [-0.1, -0.05) is 30.3 Å². The zero-order valence-corrected chi connectivity index (χ0v) is 15.8. The molecule has 1 unspecified atom stereocenters. The third-order valence-electron chi connectivity index (χ3n) is 5.05. The zero-order valence-electron chi connectivity index (χ0n) is 15.8. The molecule has 0 saturated carbocycles. The first-order valence-electron chi connectivity index (χ1n) is 9.53. The Kier molecular flexibility index (Phi) is 6.60. The highest BCUT2D eigenvalue weighted by atomic mass is 16.2. The Labute approximate surface area is 160 Å². The van der Waals surface area contributed by atoms with Crippen molar-refractivity contribution in [2.45, 2.75) is 25.7 Å². The number of nitrogens with zero attached hydrogens (tertiary/aromatic N) is 1. The van der Waals surface area contributed by atoms with Crippen molar-refractivity contribution in [3.63, 3.8) is 0 Å². The number of rotatable bonds is 7. The van der Waals surface area contributed by atoms with E-state index in [1.807, 2.05) is 54.6 Å². The highest BCUT2D eigenvalue weighted by Crippen LogP contribution is 2.17. The highest BCUT2D eigenvalue weighted by molar-refractivity contribution is 5.94. The van der Waals surface area contributed by atoms with Gasteiger partial charge in [-0.3, -0.25) is 9.59 Å². The topological polar surface area (TPSA) is 61.4 Å². The molecule has 1 heterocycles. The molecule has 1 aliphatic rings. The van der Waals surface area contributed by atoms with E-state index in [0.717, 1.165) is 42.9 Å². The Morgan fingerprint density at radius 2 is 1.85 bits per heavy atom. The van der Waals surface area contributed by atoms with Crippen molar-refractivity contribution in [3.05, 3.63) is 60.2 Å². The molecule has 1 fully saturated rings. The Balaban J connectivity index is 1.48. The van der Waals surface area contributed by atoms with Gasteiger partial charge in [0, 0.05) is 24.8 Å². The largest absolute Gasteiger partial charge is 0.326 e. The van der Waals surface area contributed by atoms with Gasteiger partial charge in [-0.2, -0.15) is 0 Å². The molecule has 0 spiro atoms. The van der Waals surface area contributed by atoms with Crippen LogP contribution in [0.15, 0.2) is 54.6 Å². The van der Waals surface area contributed by atoms with Crippen LogP contribution < -0.4 is 15.5 Å². The molecule has 2 aromatic rings. The summed E-state index contributed by atoms with van der Waals surface area (Å²) < 4.78 is 0. The molecule has 0 radical (unpaired) electrons. The number of amides is 2. The van der Waals surface area contributed by atoms with Gasteiger partial charge in [-0.25, -0.2) is 0 Å². The number of hydrogen-bond acceptors (Lipinski definition) is 3. The summed E-state index contributed by atoms with van der Waals surface area (Å²) in [5.41, 5.74) is 2.58. The van der Waals surface area contributed by atoms with E-state index in [0.29, 0.717) is 18.8 Å². The average molecular weight is 365 g/mol. The number of nitrogens with one attached hydrogen (secondary N) is 2. The lowest BCUT2D eigenvalue weighted by atomic mass is 10.0. The fourth-order valence-corrected chi connectivity index (χ4v) is 3.31. The molecule has 0 aliphatic carbocycles. The number of anilines is 2. The second-order valence-electron chi connectivity index (χ2n) is 7.11. The molecule has 0 aromatic heterocycles. The highest BCUT2D eigenvalue weighted by Gasteiger charge is 2.16. The maximum Gasteiger partial charge on any atom is 0.231 e. The molecule has 5 heteroatoms. The van der Waals surface area contributed by atoms with E-state index in [2.05, 4.69) is 10.6 Å². The summed E-state index contributed by atoms with van der Waals surface area (Å²) in [6.45, 7) is 2.08. The van der Waals surface area contributed by atoms with E-state index in [-0.39, 0.29) is 11.8 Å². The van der Waals surface area contributed by atoms with Crippen LogP contribution in [0.1, 0.15) is 24.8 Å². The van der Waals surface area contributed by atoms with Crippen LogP contribution in [0.2, 0.25) is 0 Å². The fraction of sp³-hybridized carbons (Fsp3) is 0.364. The second-order valence-corrected chi connectivity index (χ2v) is 7.11. The number of likely N-dealkylation sites (N-methyl/N-ethyl adjacent to an activating group) is 1. The Hall–Kier alpha value is -2.66. The molecule has 27 heavy (non-hydrogen) atoms. The number of para-hydroxylation sites is 1. The van der Waals surface area contributed by atoms with Gasteiger partial charge >= 0.3 is 0 Å². The molecule has 2 amide bonds. The van der Waals surface area contributed by atoms with E-state index in [1.165, 1.54) is 0 Å². The first kappa shape index (κ1) is 19.1. The molecule has 1 atom stereocenters. The van der Waals surface area contributed by atoms with Gasteiger partial charge in [0.25, 0.3) is 0 Å². The summed E-state index contributed by atoms with van der Waals surface area (Å²) in [7, 11) is 1.78. The van der Waals surface area contributed by atoms with Gasteiger partial charge in [0.05, 0.1) is 6.42 Å². The fourth-order valence-electron chi connectivity index (χ4n) is 3.31. The van der Waals surface area contributed by atoms with Crippen molar-refractivity contribution in [1.29, 1.82) is 0 Å². The van der Waals surface area contributed by atoms with Crippen molar-refractivity contribution in [1.82, 2.24) is 5.32 Å². The first-order valence-corrected chi connectivity index (χ1v) is 9.53. The predicted molar refractivity (Wildman–Crippen MR) is 109 cm³/mol. The van der Waals surface area contributed by atoms with E-state index in [1.54, 1.807) is 11.9 Å². The van der Waals surface area contributed by atoms with Crippen LogP contribution in [-0.2, 0) is 16.0 Å². The van der Waals surface area contributed by atoms with Crippen LogP contribution in [0.5, 0.6) is 0 Å². The lowest BCUT2D eigenvalue weighted by molar-refractivity contribution is -0.118. The second kappa shape index (κ2) is 9.33. The lowest BCUT2D eigenvalue weighted by Gasteiger charge is -2.17. The van der Waals surface area contributed by atoms with Crippen molar-refractivity contribution in [2.24, 2.45) is 5.92 Å². The van der Waals surface area contributed by atoms with Crippen LogP contribution in [-0.4, -0.2) is 32.0 Å². The summed E-state index contributed by atoms with van der Waals surface area (Å²) in [6, 6.07) is 17.1. The molecular weight excluding hydrogens is 338 g/mol. The minimum atomic E-state index is 0.0307. The Morgan fingerprint density at radius 3 is 2.52 bits per heavy atom. The van der Waals surface area contributed by atoms with Gasteiger partial charge in [0.2, 0.25) is 11.8 Å². The normalized spacial score (nSPS) is 16.1. The summed E-state index contributed by atoms with van der Waals surface area (Å²) in [4.78, 5) is 26.2. The average Bonchev–Trinajstić information content (AvgIpc) is 3.21. The lowest BCUT2D eigenvalue weighted by Crippen LogP contribution is -2.27. The van der Waals surface area contributed by atoms with Crippen LogP contribution in [0.4, 0.5) is 11.4 Å². The predicted octanol–water partition coefficient (Wildman–Crippen LogP) is 3.22. The quantitative estimate of drug-likeness (QED) is 0.792.